The van der Waals surface area contributed by atoms with Crippen LogP contribution in [0.1, 0.15) is 36.3 Å². The molecule has 0 aliphatic carbocycles. The molecule has 0 atom stereocenters. The molecule has 1 N–H and O–H groups in total. The maximum atomic E-state index is 12.5. The number of nitrogens with zero attached hydrogens (tertiary/aromatic N) is 1. The molecule has 4 aromatic rings. The number of aromatic nitrogens is 1. The summed E-state index contributed by atoms with van der Waals surface area (Å²) in [5.74, 6) is 1.38. The average molecular weight is 431 g/mol. The molecule has 0 fully saturated rings. The normalized spacial score (nSPS) is 11.7. The molecular formula is C26H26N2O4. The number of nitrogens with one attached hydrogen (secondary N) is 1. The van der Waals surface area contributed by atoms with Gasteiger partial charge in [0.05, 0.1) is 12.9 Å². The molecule has 0 spiro atoms. The molecule has 0 saturated carbocycles. The Hall–Kier alpha value is -3.80. The molecule has 2 aromatic carbocycles. The van der Waals surface area contributed by atoms with Crippen molar-refractivity contribution in [2.75, 3.05) is 11.9 Å². The minimum absolute atomic E-state index is 0.292. The number of carbonyl (C=O) groups excluding carboxylic acids is 1. The molecule has 2 heterocycles. The van der Waals surface area contributed by atoms with Crippen LogP contribution in [0.15, 0.2) is 57.7 Å². The number of hydrogen-bond donors (Lipinski definition) is 1. The Bertz CT molecular complexity index is 1330. The highest BCUT2D eigenvalue weighted by molar-refractivity contribution is 6.05. The van der Waals surface area contributed by atoms with Crippen LogP contribution in [0.5, 0.6) is 5.75 Å². The predicted molar refractivity (Wildman–Crippen MR) is 126 cm³/mol. The van der Waals surface area contributed by atoms with Crippen LogP contribution in [0.25, 0.3) is 27.7 Å². The van der Waals surface area contributed by atoms with E-state index in [2.05, 4.69) is 42.5 Å². The molecule has 6 heteroatoms. The minimum Gasteiger partial charge on any atom is -0.493 e. The standard InChI is InChI=1S/C26H26N2O4/c1-6-30-23-13-24-21(22(14-31-24)19-8-7-15(2)9-16(19)3)12-20(23)17(4)10-26(29)27-25-11-18(5)32-28-25/h7-14H,6H2,1-5H3,(H,27,28,29)/b17-10+. The molecule has 32 heavy (non-hydrogen) atoms. The van der Waals surface area contributed by atoms with E-state index in [4.69, 9.17) is 13.7 Å². The highest BCUT2D eigenvalue weighted by atomic mass is 16.5. The van der Waals surface area contributed by atoms with Crippen LogP contribution in [0.3, 0.4) is 0 Å². The lowest BCUT2D eigenvalue weighted by molar-refractivity contribution is -0.111. The molecular weight excluding hydrogens is 404 g/mol. The second kappa shape index (κ2) is 8.75. The Morgan fingerprint density at radius 3 is 2.62 bits per heavy atom. The van der Waals surface area contributed by atoms with E-state index in [1.807, 2.05) is 26.0 Å². The van der Waals surface area contributed by atoms with E-state index in [1.54, 1.807) is 19.3 Å². The summed E-state index contributed by atoms with van der Waals surface area (Å²) in [6.45, 7) is 10.3. The molecule has 2 aromatic heterocycles. The van der Waals surface area contributed by atoms with Gasteiger partial charge >= 0.3 is 0 Å². The first-order valence-electron chi connectivity index (χ1n) is 10.5. The summed E-state index contributed by atoms with van der Waals surface area (Å²) >= 11 is 0. The average Bonchev–Trinajstić information content (AvgIpc) is 3.33. The molecule has 0 unspecified atom stereocenters. The Morgan fingerprint density at radius 2 is 1.94 bits per heavy atom. The Morgan fingerprint density at radius 1 is 1.12 bits per heavy atom. The zero-order valence-corrected chi connectivity index (χ0v) is 18.9. The van der Waals surface area contributed by atoms with Crippen LogP contribution in [0, 0.1) is 20.8 Å². The lowest BCUT2D eigenvalue weighted by Gasteiger charge is -2.12. The number of amides is 1. The fourth-order valence-electron chi connectivity index (χ4n) is 3.82. The third-order valence-electron chi connectivity index (χ3n) is 5.30. The van der Waals surface area contributed by atoms with Crippen molar-refractivity contribution >= 4 is 28.3 Å². The first-order chi connectivity index (χ1) is 15.4. The van der Waals surface area contributed by atoms with Crippen LogP contribution in [-0.2, 0) is 4.79 Å². The van der Waals surface area contributed by atoms with E-state index >= 15 is 0 Å². The van der Waals surface area contributed by atoms with Gasteiger partial charge in [-0.05, 0) is 57.4 Å². The zero-order chi connectivity index (χ0) is 22.8. The van der Waals surface area contributed by atoms with Crippen molar-refractivity contribution in [2.24, 2.45) is 0 Å². The van der Waals surface area contributed by atoms with Gasteiger partial charge in [0.1, 0.15) is 17.1 Å². The van der Waals surface area contributed by atoms with E-state index < -0.39 is 0 Å². The maximum Gasteiger partial charge on any atom is 0.249 e. The summed E-state index contributed by atoms with van der Waals surface area (Å²) in [6.07, 6.45) is 3.31. The number of ether oxygens (including phenoxy) is 1. The Labute approximate surface area is 186 Å². The van der Waals surface area contributed by atoms with Gasteiger partial charge in [-0.3, -0.25) is 4.79 Å². The third-order valence-corrected chi connectivity index (χ3v) is 5.30. The SMILES string of the molecule is CCOc1cc2occ(-c3ccc(C)cc3C)c2cc1/C(C)=C/C(=O)Nc1cc(C)on1. The summed E-state index contributed by atoms with van der Waals surface area (Å²) in [6, 6.07) is 11.9. The van der Waals surface area contributed by atoms with E-state index in [0.29, 0.717) is 23.9 Å². The highest BCUT2D eigenvalue weighted by Crippen LogP contribution is 2.38. The van der Waals surface area contributed by atoms with Crippen LogP contribution in [-0.4, -0.2) is 17.7 Å². The summed E-state index contributed by atoms with van der Waals surface area (Å²) < 4.78 is 16.7. The van der Waals surface area contributed by atoms with Gasteiger partial charge in [-0.1, -0.05) is 28.9 Å². The topological polar surface area (TPSA) is 77.5 Å². The number of anilines is 1. The second-order valence-corrected chi connectivity index (χ2v) is 7.88. The van der Waals surface area contributed by atoms with Crippen LogP contribution < -0.4 is 10.1 Å². The number of allylic oxidation sites excluding steroid dienone is 1. The fourth-order valence-corrected chi connectivity index (χ4v) is 3.82. The summed E-state index contributed by atoms with van der Waals surface area (Å²) in [5, 5.41) is 7.49. The van der Waals surface area contributed by atoms with Gasteiger partial charge in [-0.15, -0.1) is 0 Å². The molecule has 0 aliphatic heterocycles. The molecule has 0 aliphatic rings. The first-order valence-corrected chi connectivity index (χ1v) is 10.5. The number of rotatable bonds is 6. The summed E-state index contributed by atoms with van der Waals surface area (Å²) in [7, 11) is 0. The largest absolute Gasteiger partial charge is 0.493 e. The monoisotopic (exact) mass is 430 g/mol. The van der Waals surface area contributed by atoms with Crippen LogP contribution in [0.2, 0.25) is 0 Å². The minimum atomic E-state index is -0.292. The Balaban J connectivity index is 1.76. The van der Waals surface area contributed by atoms with E-state index in [1.165, 1.54) is 17.2 Å². The lowest BCUT2D eigenvalue weighted by Crippen LogP contribution is -2.09. The van der Waals surface area contributed by atoms with Gasteiger partial charge in [0.15, 0.2) is 5.82 Å². The molecule has 164 valence electrons. The number of hydrogen-bond acceptors (Lipinski definition) is 5. The van der Waals surface area contributed by atoms with Crippen molar-refractivity contribution in [2.45, 2.75) is 34.6 Å². The van der Waals surface area contributed by atoms with Gasteiger partial charge < -0.3 is 19.0 Å². The van der Waals surface area contributed by atoms with Gasteiger partial charge in [0.25, 0.3) is 0 Å². The van der Waals surface area contributed by atoms with Crippen LogP contribution in [0.4, 0.5) is 5.82 Å². The Kier molecular flexibility index (Phi) is 5.86. The molecule has 4 rings (SSSR count). The van der Waals surface area contributed by atoms with Crippen molar-refractivity contribution in [3.8, 4) is 16.9 Å². The zero-order valence-electron chi connectivity index (χ0n) is 18.9. The van der Waals surface area contributed by atoms with Crippen molar-refractivity contribution < 1.29 is 18.5 Å². The summed E-state index contributed by atoms with van der Waals surface area (Å²) in [5.41, 5.74) is 6.85. The number of aryl methyl sites for hydroxylation is 3. The molecule has 1 amide bonds. The van der Waals surface area contributed by atoms with Crippen LogP contribution >= 0.6 is 0 Å². The molecule has 0 radical (unpaired) electrons. The van der Waals surface area contributed by atoms with Gasteiger partial charge in [0.2, 0.25) is 5.91 Å². The van der Waals surface area contributed by atoms with E-state index in [9.17, 15) is 4.79 Å². The predicted octanol–water partition coefficient (Wildman–Crippen LogP) is 6.45. The van der Waals surface area contributed by atoms with Crippen molar-refractivity contribution in [1.29, 1.82) is 0 Å². The van der Waals surface area contributed by atoms with Gasteiger partial charge in [-0.25, -0.2) is 0 Å². The summed E-state index contributed by atoms with van der Waals surface area (Å²) in [4.78, 5) is 12.5. The van der Waals surface area contributed by atoms with Crippen molar-refractivity contribution in [3.63, 3.8) is 0 Å². The van der Waals surface area contributed by atoms with Crippen molar-refractivity contribution in [3.05, 3.63) is 71.2 Å². The maximum absolute atomic E-state index is 12.5. The van der Waals surface area contributed by atoms with E-state index in [0.717, 1.165) is 33.2 Å². The third kappa shape index (κ3) is 4.30. The number of fused-ring (bicyclic) bond motifs is 1. The molecule has 0 saturated heterocycles. The number of carbonyl (C=O) groups is 1. The second-order valence-electron chi connectivity index (χ2n) is 7.88. The lowest BCUT2D eigenvalue weighted by atomic mass is 9.96. The van der Waals surface area contributed by atoms with E-state index in [-0.39, 0.29) is 5.91 Å². The van der Waals surface area contributed by atoms with Crippen molar-refractivity contribution in [1.82, 2.24) is 5.16 Å². The fraction of sp³-hybridized carbons (Fsp3) is 0.231. The smallest absolute Gasteiger partial charge is 0.249 e. The quantitative estimate of drug-likeness (QED) is 0.356. The van der Waals surface area contributed by atoms with Gasteiger partial charge in [0, 0.05) is 34.7 Å². The molecule has 6 nitrogen and oxygen atoms in total. The number of benzene rings is 2. The highest BCUT2D eigenvalue weighted by Gasteiger charge is 2.16. The van der Waals surface area contributed by atoms with Gasteiger partial charge in [-0.2, -0.15) is 0 Å². The first kappa shape index (κ1) is 21.4. The number of furan rings is 1. The molecule has 0 bridgehead atoms.